The number of aliphatic hydroxyl groups is 1. The Kier molecular flexibility index (Phi) is 3.09. The quantitative estimate of drug-likeness (QED) is 0.886. The minimum absolute atomic E-state index is 0.134. The van der Waals surface area contributed by atoms with Crippen LogP contribution in [0.2, 0.25) is 0 Å². The Morgan fingerprint density at radius 2 is 2.26 bits per heavy atom. The van der Waals surface area contributed by atoms with Crippen molar-refractivity contribution >= 4 is 5.91 Å². The second-order valence-electron chi connectivity index (χ2n) is 6.03. The second-order valence-corrected chi connectivity index (χ2v) is 6.03. The summed E-state index contributed by atoms with van der Waals surface area (Å²) in [5.41, 5.74) is -0.396. The highest BCUT2D eigenvalue weighted by Gasteiger charge is 2.35. The average Bonchev–Trinajstić information content (AvgIpc) is 3.06. The van der Waals surface area contributed by atoms with Crippen molar-refractivity contribution in [3.8, 4) is 0 Å². The fourth-order valence-corrected chi connectivity index (χ4v) is 3.03. The molecule has 19 heavy (non-hydrogen) atoms. The van der Waals surface area contributed by atoms with Crippen LogP contribution in [0.15, 0.2) is 10.7 Å². The summed E-state index contributed by atoms with van der Waals surface area (Å²) in [6, 6.07) is 0. The summed E-state index contributed by atoms with van der Waals surface area (Å²) < 4.78 is 5.46. The van der Waals surface area contributed by atoms with Crippen LogP contribution in [0.5, 0.6) is 0 Å². The Morgan fingerprint density at radius 1 is 1.53 bits per heavy atom. The number of carbonyl (C=O) groups excluding carboxylic acids is 1. The molecular formula is C14H20N2O3. The normalized spacial score (nSPS) is 28.2. The molecule has 1 atom stereocenters. The van der Waals surface area contributed by atoms with Crippen LogP contribution in [0, 0.1) is 0 Å². The predicted octanol–water partition coefficient (Wildman–Crippen LogP) is 1.93. The second kappa shape index (κ2) is 4.63. The molecule has 1 aromatic heterocycles. The Balaban J connectivity index is 1.70. The number of β-amino-alcohol motifs (C(OH)–C–C–N with tert-alkyl or cyclic N) is 1. The summed E-state index contributed by atoms with van der Waals surface area (Å²) in [5.74, 6) is 0.945. The summed E-state index contributed by atoms with van der Waals surface area (Å²) in [7, 11) is 0. The molecule has 1 amide bonds. The third-order valence-corrected chi connectivity index (χ3v) is 4.18. The van der Waals surface area contributed by atoms with E-state index in [1.54, 1.807) is 11.8 Å². The Morgan fingerprint density at radius 3 is 2.89 bits per heavy atom. The van der Waals surface area contributed by atoms with E-state index in [0.717, 1.165) is 12.8 Å². The summed E-state index contributed by atoms with van der Waals surface area (Å²) in [4.78, 5) is 18.2. The summed E-state index contributed by atoms with van der Waals surface area (Å²) in [6.45, 7) is 2.71. The zero-order valence-electron chi connectivity index (χ0n) is 11.3. The van der Waals surface area contributed by atoms with Gasteiger partial charge < -0.3 is 14.4 Å². The van der Waals surface area contributed by atoms with Gasteiger partial charge in [0.25, 0.3) is 5.91 Å². The van der Waals surface area contributed by atoms with Gasteiger partial charge in [-0.25, -0.2) is 4.98 Å². The van der Waals surface area contributed by atoms with Crippen LogP contribution >= 0.6 is 0 Å². The molecule has 2 fully saturated rings. The van der Waals surface area contributed by atoms with Crippen molar-refractivity contribution in [3.63, 3.8) is 0 Å². The van der Waals surface area contributed by atoms with Crippen LogP contribution in [0.3, 0.4) is 0 Å². The first-order valence-corrected chi connectivity index (χ1v) is 7.02. The number of rotatable bonds is 2. The Hall–Kier alpha value is -1.36. The highest BCUT2D eigenvalue weighted by molar-refractivity contribution is 5.92. The third kappa shape index (κ3) is 2.52. The fraction of sp³-hybridized carbons (Fsp3) is 0.714. The van der Waals surface area contributed by atoms with Gasteiger partial charge >= 0.3 is 0 Å². The van der Waals surface area contributed by atoms with Gasteiger partial charge in [-0.05, 0) is 26.2 Å². The molecule has 1 N–H and O–H groups in total. The van der Waals surface area contributed by atoms with E-state index in [-0.39, 0.29) is 5.91 Å². The molecule has 0 unspecified atom stereocenters. The van der Waals surface area contributed by atoms with Crippen molar-refractivity contribution in [3.05, 3.63) is 17.8 Å². The minimum atomic E-state index is -0.770. The number of hydrogen-bond donors (Lipinski definition) is 1. The summed E-state index contributed by atoms with van der Waals surface area (Å²) in [5, 5.41) is 9.90. The van der Waals surface area contributed by atoms with E-state index < -0.39 is 5.60 Å². The van der Waals surface area contributed by atoms with Crippen LogP contribution in [-0.2, 0) is 0 Å². The molecular weight excluding hydrogens is 244 g/mol. The van der Waals surface area contributed by atoms with Gasteiger partial charge in [-0.15, -0.1) is 0 Å². The molecule has 1 aromatic rings. The van der Waals surface area contributed by atoms with Crippen molar-refractivity contribution in [1.82, 2.24) is 9.88 Å². The lowest BCUT2D eigenvalue weighted by molar-refractivity contribution is 0.0569. The molecule has 1 saturated carbocycles. The van der Waals surface area contributed by atoms with Gasteiger partial charge in [0, 0.05) is 19.0 Å². The maximum Gasteiger partial charge on any atom is 0.275 e. The van der Waals surface area contributed by atoms with E-state index in [1.807, 2.05) is 0 Å². The van der Waals surface area contributed by atoms with Gasteiger partial charge in [-0.2, -0.15) is 0 Å². The van der Waals surface area contributed by atoms with E-state index in [2.05, 4.69) is 4.98 Å². The highest BCUT2D eigenvalue weighted by atomic mass is 16.3. The zero-order valence-corrected chi connectivity index (χ0v) is 11.3. The predicted molar refractivity (Wildman–Crippen MR) is 68.9 cm³/mol. The first-order chi connectivity index (χ1) is 9.05. The molecule has 5 nitrogen and oxygen atoms in total. The molecule has 2 heterocycles. The van der Waals surface area contributed by atoms with E-state index >= 15 is 0 Å². The van der Waals surface area contributed by atoms with Crippen molar-refractivity contribution < 1.29 is 14.3 Å². The third-order valence-electron chi connectivity index (χ3n) is 4.18. The fourth-order valence-electron chi connectivity index (χ4n) is 3.03. The van der Waals surface area contributed by atoms with E-state index in [0.29, 0.717) is 37.0 Å². The molecule has 2 aliphatic rings. The number of carbonyl (C=O) groups is 1. The Labute approximate surface area is 112 Å². The van der Waals surface area contributed by atoms with Crippen LogP contribution in [0.4, 0.5) is 0 Å². The molecule has 0 spiro atoms. The van der Waals surface area contributed by atoms with Gasteiger partial charge in [-0.1, -0.05) is 12.8 Å². The maximum atomic E-state index is 12.3. The molecule has 1 aliphatic heterocycles. The van der Waals surface area contributed by atoms with Crippen molar-refractivity contribution in [2.24, 2.45) is 0 Å². The van der Waals surface area contributed by atoms with Crippen molar-refractivity contribution in [1.29, 1.82) is 0 Å². The largest absolute Gasteiger partial charge is 0.448 e. The summed E-state index contributed by atoms with van der Waals surface area (Å²) >= 11 is 0. The monoisotopic (exact) mass is 264 g/mol. The lowest BCUT2D eigenvalue weighted by Gasteiger charge is -2.17. The van der Waals surface area contributed by atoms with Gasteiger partial charge in [0.05, 0.1) is 5.60 Å². The standard InChI is InChI=1S/C14H20N2O3/c1-14(18)6-7-16(9-14)13(17)11-8-19-12(15-11)10-4-2-3-5-10/h8,10,18H,2-7,9H2,1H3/t14-/m0/s1. The molecule has 1 saturated heterocycles. The minimum Gasteiger partial charge on any atom is -0.448 e. The van der Waals surface area contributed by atoms with Crippen LogP contribution in [0.1, 0.15) is 61.3 Å². The molecule has 0 aromatic carbocycles. The van der Waals surface area contributed by atoms with E-state index in [9.17, 15) is 9.90 Å². The lowest BCUT2D eigenvalue weighted by Crippen LogP contribution is -2.34. The van der Waals surface area contributed by atoms with Crippen LogP contribution in [0.25, 0.3) is 0 Å². The molecule has 0 radical (unpaired) electrons. The Bertz CT molecular complexity index is 475. The van der Waals surface area contributed by atoms with Gasteiger partial charge in [0.2, 0.25) is 0 Å². The van der Waals surface area contributed by atoms with Gasteiger partial charge in [0.15, 0.2) is 11.6 Å². The molecule has 1 aliphatic carbocycles. The number of nitrogens with zero attached hydrogens (tertiary/aromatic N) is 2. The highest BCUT2D eigenvalue weighted by Crippen LogP contribution is 2.33. The number of likely N-dealkylation sites (tertiary alicyclic amines) is 1. The van der Waals surface area contributed by atoms with Crippen molar-refractivity contribution in [2.45, 2.75) is 50.5 Å². The first kappa shape index (κ1) is 12.7. The number of oxazole rings is 1. The number of hydrogen-bond acceptors (Lipinski definition) is 4. The van der Waals surface area contributed by atoms with E-state index in [4.69, 9.17) is 4.42 Å². The number of aromatic nitrogens is 1. The average molecular weight is 264 g/mol. The van der Waals surface area contributed by atoms with Gasteiger partial charge in [-0.3, -0.25) is 4.79 Å². The molecule has 0 bridgehead atoms. The SMILES string of the molecule is C[C@]1(O)CCN(C(=O)c2coc(C3CCCC3)n2)C1. The number of amides is 1. The van der Waals surface area contributed by atoms with E-state index in [1.165, 1.54) is 19.1 Å². The molecule has 5 heteroatoms. The van der Waals surface area contributed by atoms with Crippen LogP contribution < -0.4 is 0 Å². The maximum absolute atomic E-state index is 12.3. The summed E-state index contributed by atoms with van der Waals surface area (Å²) in [6.07, 6.45) is 6.71. The zero-order chi connectivity index (χ0) is 13.5. The lowest BCUT2D eigenvalue weighted by atomic mass is 10.1. The van der Waals surface area contributed by atoms with Crippen molar-refractivity contribution in [2.75, 3.05) is 13.1 Å². The topological polar surface area (TPSA) is 66.6 Å². The first-order valence-electron chi connectivity index (χ1n) is 7.02. The molecule has 3 rings (SSSR count). The van der Waals surface area contributed by atoms with Gasteiger partial charge in [0.1, 0.15) is 6.26 Å². The molecule has 104 valence electrons. The smallest absolute Gasteiger partial charge is 0.275 e. The van der Waals surface area contributed by atoms with Crippen LogP contribution in [-0.4, -0.2) is 39.6 Å².